The molecular weight excluding hydrogens is 238 g/mol. The Labute approximate surface area is 105 Å². The van der Waals surface area contributed by atoms with Crippen LogP contribution in [0.4, 0.5) is 0 Å². The van der Waals surface area contributed by atoms with Crippen LogP contribution in [-0.2, 0) is 13.0 Å². The summed E-state index contributed by atoms with van der Waals surface area (Å²) in [5.74, 6) is 0. The van der Waals surface area contributed by atoms with Crippen LogP contribution in [0.1, 0.15) is 18.1 Å². The van der Waals surface area contributed by atoms with Gasteiger partial charge in [-0.15, -0.1) is 11.3 Å². The zero-order chi connectivity index (χ0) is 11.1. The van der Waals surface area contributed by atoms with Crippen LogP contribution in [0.2, 0.25) is 5.02 Å². The van der Waals surface area contributed by atoms with E-state index in [9.17, 15) is 0 Å². The minimum absolute atomic E-state index is 0.935. The lowest BCUT2D eigenvalue weighted by Gasteiger charge is -2.16. The van der Waals surface area contributed by atoms with Crippen molar-refractivity contribution in [2.24, 2.45) is 0 Å². The van der Waals surface area contributed by atoms with Crippen LogP contribution in [0.3, 0.4) is 0 Å². The molecule has 1 aliphatic heterocycles. The van der Waals surface area contributed by atoms with Gasteiger partial charge in [0.05, 0.1) is 0 Å². The monoisotopic (exact) mass is 251 g/mol. The molecule has 0 saturated heterocycles. The van der Waals surface area contributed by atoms with Gasteiger partial charge in [0.15, 0.2) is 0 Å². The molecule has 0 N–H and O–H groups in total. The van der Waals surface area contributed by atoms with Gasteiger partial charge in [0, 0.05) is 28.2 Å². The van der Waals surface area contributed by atoms with Crippen LogP contribution in [0.15, 0.2) is 17.5 Å². The number of rotatable bonds is 1. The second kappa shape index (κ2) is 4.02. The van der Waals surface area contributed by atoms with Gasteiger partial charge in [-0.1, -0.05) is 18.5 Å². The molecule has 0 aliphatic carbocycles. The first-order chi connectivity index (χ1) is 7.79. The molecule has 1 nitrogen and oxygen atoms in total. The van der Waals surface area contributed by atoms with Crippen LogP contribution in [0.5, 0.6) is 0 Å². The average Bonchev–Trinajstić information content (AvgIpc) is 2.58. The van der Waals surface area contributed by atoms with E-state index in [0.717, 1.165) is 31.1 Å². The van der Waals surface area contributed by atoms with Crippen LogP contribution in [-0.4, -0.2) is 18.0 Å². The highest BCUT2D eigenvalue weighted by molar-refractivity contribution is 7.17. The molecule has 1 aromatic carbocycles. The second-order valence-corrected chi connectivity index (χ2v) is 5.60. The minimum atomic E-state index is 0.935. The van der Waals surface area contributed by atoms with Gasteiger partial charge in [-0.2, -0.15) is 0 Å². The van der Waals surface area contributed by atoms with Crippen molar-refractivity contribution in [2.45, 2.75) is 19.9 Å². The Kier molecular flexibility index (Phi) is 2.66. The highest BCUT2D eigenvalue weighted by Gasteiger charge is 2.18. The van der Waals surface area contributed by atoms with Gasteiger partial charge in [-0.05, 0) is 41.6 Å². The van der Waals surface area contributed by atoms with Crippen molar-refractivity contribution in [3.63, 3.8) is 0 Å². The topological polar surface area (TPSA) is 3.24 Å². The maximum Gasteiger partial charge on any atom is 0.0445 e. The number of likely N-dealkylation sites (N-methyl/N-ethyl adjacent to an activating group) is 1. The normalized spacial score (nSPS) is 16.6. The van der Waals surface area contributed by atoms with Crippen molar-refractivity contribution in [1.82, 2.24) is 4.90 Å². The molecule has 0 atom stereocenters. The maximum atomic E-state index is 6.32. The van der Waals surface area contributed by atoms with Gasteiger partial charge in [0.2, 0.25) is 0 Å². The fraction of sp³-hybridized carbons (Fsp3) is 0.385. The predicted octanol–water partition coefficient (Wildman–Crippen LogP) is 3.93. The summed E-state index contributed by atoms with van der Waals surface area (Å²) in [6.07, 6.45) is 1.08. The van der Waals surface area contributed by atoms with E-state index in [1.807, 2.05) is 17.4 Å². The van der Waals surface area contributed by atoms with E-state index in [2.05, 4.69) is 23.3 Å². The van der Waals surface area contributed by atoms with Crippen molar-refractivity contribution < 1.29 is 0 Å². The van der Waals surface area contributed by atoms with E-state index in [-0.39, 0.29) is 0 Å². The first-order valence-electron chi connectivity index (χ1n) is 5.69. The third-order valence-corrected chi connectivity index (χ3v) is 4.74. The van der Waals surface area contributed by atoms with E-state index in [1.165, 1.54) is 21.2 Å². The van der Waals surface area contributed by atoms with Crippen LogP contribution in [0.25, 0.3) is 10.1 Å². The largest absolute Gasteiger partial charge is 0.299 e. The summed E-state index contributed by atoms with van der Waals surface area (Å²) in [5, 5.41) is 4.65. The summed E-state index contributed by atoms with van der Waals surface area (Å²) in [6, 6.07) is 4.19. The quantitative estimate of drug-likeness (QED) is 0.742. The van der Waals surface area contributed by atoms with Gasteiger partial charge in [-0.3, -0.25) is 4.90 Å². The summed E-state index contributed by atoms with van der Waals surface area (Å²) in [6.45, 7) is 5.53. The lowest BCUT2D eigenvalue weighted by atomic mass is 10.1. The molecule has 0 unspecified atom stereocenters. The van der Waals surface area contributed by atoms with Gasteiger partial charge in [0.25, 0.3) is 0 Å². The van der Waals surface area contributed by atoms with Crippen LogP contribution < -0.4 is 0 Å². The number of hydrogen-bond acceptors (Lipinski definition) is 2. The number of nitrogens with zero attached hydrogens (tertiary/aromatic N) is 1. The fourth-order valence-electron chi connectivity index (χ4n) is 2.47. The van der Waals surface area contributed by atoms with Gasteiger partial charge >= 0.3 is 0 Å². The standard InChI is InChI=1S/C13H14ClNS/c1-2-15-6-5-10-11(14)3-4-12-13(10)9(7-15)8-16-12/h3-4,8H,2,5-7H2,1H3. The molecule has 0 bridgehead atoms. The Bertz CT molecular complexity index is 532. The molecule has 0 spiro atoms. The lowest BCUT2D eigenvalue weighted by Crippen LogP contribution is -2.23. The number of hydrogen-bond donors (Lipinski definition) is 0. The molecule has 3 heteroatoms. The number of halogens is 1. The maximum absolute atomic E-state index is 6.32. The summed E-state index contributed by atoms with van der Waals surface area (Å²) in [5.41, 5.74) is 2.81. The zero-order valence-corrected chi connectivity index (χ0v) is 10.9. The zero-order valence-electron chi connectivity index (χ0n) is 9.29. The summed E-state index contributed by atoms with van der Waals surface area (Å²) in [7, 11) is 0. The van der Waals surface area contributed by atoms with E-state index in [4.69, 9.17) is 11.6 Å². The summed E-state index contributed by atoms with van der Waals surface area (Å²) in [4.78, 5) is 2.48. The summed E-state index contributed by atoms with van der Waals surface area (Å²) < 4.78 is 1.38. The predicted molar refractivity (Wildman–Crippen MR) is 71.5 cm³/mol. The molecule has 16 heavy (non-hydrogen) atoms. The third kappa shape index (κ3) is 1.56. The second-order valence-electron chi connectivity index (χ2n) is 4.28. The molecule has 2 aromatic rings. The third-order valence-electron chi connectivity index (χ3n) is 3.39. The molecule has 84 valence electrons. The lowest BCUT2D eigenvalue weighted by molar-refractivity contribution is 0.288. The molecule has 1 aromatic heterocycles. The Morgan fingerprint density at radius 2 is 2.31 bits per heavy atom. The van der Waals surface area contributed by atoms with Crippen molar-refractivity contribution in [2.75, 3.05) is 13.1 Å². The van der Waals surface area contributed by atoms with E-state index in [1.54, 1.807) is 0 Å². The Morgan fingerprint density at radius 1 is 1.44 bits per heavy atom. The average molecular weight is 252 g/mol. The Balaban J connectivity index is 2.23. The van der Waals surface area contributed by atoms with E-state index >= 15 is 0 Å². The van der Waals surface area contributed by atoms with Gasteiger partial charge < -0.3 is 0 Å². The molecule has 0 saturated carbocycles. The SMILES string of the molecule is CCN1CCc2c(Cl)ccc3scc(c23)C1. The first-order valence-corrected chi connectivity index (χ1v) is 6.95. The molecule has 2 heterocycles. The minimum Gasteiger partial charge on any atom is -0.299 e. The van der Waals surface area contributed by atoms with Crippen molar-refractivity contribution in [1.29, 1.82) is 0 Å². The molecule has 0 amide bonds. The summed E-state index contributed by atoms with van der Waals surface area (Å²) >= 11 is 8.15. The highest BCUT2D eigenvalue weighted by Crippen LogP contribution is 2.36. The van der Waals surface area contributed by atoms with Crippen LogP contribution >= 0.6 is 22.9 Å². The molecule has 3 rings (SSSR count). The van der Waals surface area contributed by atoms with Crippen molar-refractivity contribution >= 4 is 33.0 Å². The molecule has 0 fully saturated rings. The van der Waals surface area contributed by atoms with Crippen LogP contribution in [0, 0.1) is 0 Å². The Morgan fingerprint density at radius 3 is 3.12 bits per heavy atom. The van der Waals surface area contributed by atoms with E-state index in [0.29, 0.717) is 0 Å². The van der Waals surface area contributed by atoms with Gasteiger partial charge in [-0.25, -0.2) is 0 Å². The first kappa shape index (κ1) is 10.6. The smallest absolute Gasteiger partial charge is 0.0445 e. The van der Waals surface area contributed by atoms with E-state index < -0.39 is 0 Å². The Hall–Kier alpha value is -0.570. The highest BCUT2D eigenvalue weighted by atomic mass is 35.5. The molecular formula is C13H14ClNS. The number of benzene rings is 1. The van der Waals surface area contributed by atoms with Crippen molar-refractivity contribution in [3.8, 4) is 0 Å². The van der Waals surface area contributed by atoms with Gasteiger partial charge in [0.1, 0.15) is 0 Å². The number of thiophene rings is 1. The van der Waals surface area contributed by atoms with Crippen molar-refractivity contribution in [3.05, 3.63) is 33.7 Å². The molecule has 0 radical (unpaired) electrons. The molecule has 1 aliphatic rings. The fourth-order valence-corrected chi connectivity index (χ4v) is 3.70.